The fraction of sp³-hybridized carbons (Fsp3) is 0.455. The fourth-order valence-electron chi connectivity index (χ4n) is 1.16. The first kappa shape index (κ1) is 13.0. The predicted octanol–water partition coefficient (Wildman–Crippen LogP) is 2.04. The van der Waals surface area contributed by atoms with Crippen molar-refractivity contribution < 1.29 is 4.79 Å². The third kappa shape index (κ3) is 3.81. The Bertz CT molecular complexity index is 379. The van der Waals surface area contributed by atoms with Crippen molar-refractivity contribution in [3.05, 3.63) is 22.3 Å². The average Bonchev–Trinajstić information content (AvgIpc) is 2.23. The molecule has 1 heterocycles. The minimum atomic E-state index is 0.112. The minimum absolute atomic E-state index is 0.112. The molecule has 88 valence electrons. The van der Waals surface area contributed by atoms with Gasteiger partial charge in [0.15, 0.2) is 0 Å². The number of amides is 1. The van der Waals surface area contributed by atoms with Crippen LogP contribution < -0.4 is 5.32 Å². The molecule has 4 nitrogen and oxygen atoms in total. The topological polar surface area (TPSA) is 45.2 Å². The monoisotopic (exact) mass is 285 g/mol. The molecule has 0 aliphatic rings. The van der Waals surface area contributed by atoms with E-state index in [1.54, 1.807) is 25.2 Å². The molecule has 0 atom stereocenters. The van der Waals surface area contributed by atoms with E-state index in [0.717, 1.165) is 15.9 Å². The number of nitrogens with zero attached hydrogens (tertiary/aromatic N) is 2. The van der Waals surface area contributed by atoms with Crippen molar-refractivity contribution in [1.82, 2.24) is 9.88 Å². The first-order valence-electron chi connectivity index (χ1n) is 5.07. The minimum Gasteiger partial charge on any atom is -0.370 e. The molecule has 5 heteroatoms. The third-order valence-electron chi connectivity index (χ3n) is 2.19. The smallest absolute Gasteiger partial charge is 0.223 e. The molecule has 0 unspecified atom stereocenters. The summed E-state index contributed by atoms with van der Waals surface area (Å²) in [6, 6.07) is 1.95. The van der Waals surface area contributed by atoms with Crippen LogP contribution in [-0.4, -0.2) is 36.4 Å². The number of halogens is 1. The Hall–Kier alpha value is -1.10. The molecule has 1 amide bonds. The van der Waals surface area contributed by atoms with E-state index in [9.17, 15) is 4.79 Å². The van der Waals surface area contributed by atoms with Gasteiger partial charge in [-0.25, -0.2) is 4.98 Å². The summed E-state index contributed by atoms with van der Waals surface area (Å²) >= 11 is 3.39. The van der Waals surface area contributed by atoms with Crippen LogP contribution in [0, 0.1) is 6.92 Å². The molecule has 1 rings (SSSR count). The fourth-order valence-corrected chi connectivity index (χ4v) is 1.37. The number of carbonyl (C=O) groups is 1. The number of aryl methyl sites for hydroxylation is 1. The highest BCUT2D eigenvalue weighted by molar-refractivity contribution is 9.10. The van der Waals surface area contributed by atoms with E-state index < -0.39 is 0 Å². The summed E-state index contributed by atoms with van der Waals surface area (Å²) in [5, 5.41) is 3.12. The van der Waals surface area contributed by atoms with Crippen LogP contribution in [-0.2, 0) is 4.79 Å². The Morgan fingerprint density at radius 3 is 2.81 bits per heavy atom. The number of pyridine rings is 1. The summed E-state index contributed by atoms with van der Waals surface area (Å²) in [6.45, 7) is 2.60. The highest BCUT2D eigenvalue weighted by Crippen LogP contribution is 2.16. The van der Waals surface area contributed by atoms with Crippen LogP contribution in [0.25, 0.3) is 0 Å². The zero-order chi connectivity index (χ0) is 12.1. The number of anilines is 1. The lowest BCUT2D eigenvalue weighted by atomic mass is 10.3. The zero-order valence-corrected chi connectivity index (χ0v) is 11.3. The van der Waals surface area contributed by atoms with Crippen LogP contribution in [0.3, 0.4) is 0 Å². The van der Waals surface area contributed by atoms with Crippen LogP contribution in [0.5, 0.6) is 0 Å². The molecule has 1 aromatic rings. The molecule has 0 aromatic carbocycles. The SMILES string of the molecule is Cc1cc(NCCC(=O)N(C)C)ncc1Br. The zero-order valence-electron chi connectivity index (χ0n) is 9.75. The maximum absolute atomic E-state index is 11.3. The number of aromatic nitrogens is 1. The Kier molecular flexibility index (Phi) is 4.73. The van der Waals surface area contributed by atoms with Gasteiger partial charge in [-0.05, 0) is 34.5 Å². The maximum Gasteiger partial charge on any atom is 0.223 e. The van der Waals surface area contributed by atoms with Crippen molar-refractivity contribution in [2.45, 2.75) is 13.3 Å². The summed E-state index contributed by atoms with van der Waals surface area (Å²) in [6.07, 6.45) is 2.23. The molecule has 0 bridgehead atoms. The Morgan fingerprint density at radius 2 is 2.25 bits per heavy atom. The molecule has 16 heavy (non-hydrogen) atoms. The van der Waals surface area contributed by atoms with Gasteiger partial charge in [0.1, 0.15) is 5.82 Å². The van der Waals surface area contributed by atoms with Gasteiger partial charge in [-0.15, -0.1) is 0 Å². The van der Waals surface area contributed by atoms with Gasteiger partial charge in [-0.2, -0.15) is 0 Å². The van der Waals surface area contributed by atoms with Crippen molar-refractivity contribution in [3.8, 4) is 0 Å². The van der Waals surface area contributed by atoms with E-state index in [0.29, 0.717) is 13.0 Å². The second kappa shape index (κ2) is 5.84. The molecule has 0 fully saturated rings. The van der Waals surface area contributed by atoms with Gasteiger partial charge in [-0.1, -0.05) is 0 Å². The molecule has 0 saturated carbocycles. The van der Waals surface area contributed by atoms with Gasteiger partial charge in [0.25, 0.3) is 0 Å². The molecule has 0 saturated heterocycles. The lowest BCUT2D eigenvalue weighted by Gasteiger charge is -2.11. The summed E-state index contributed by atoms with van der Waals surface area (Å²) in [5.74, 6) is 0.911. The Morgan fingerprint density at radius 1 is 1.56 bits per heavy atom. The van der Waals surface area contributed by atoms with Gasteiger partial charge in [0.2, 0.25) is 5.91 Å². The third-order valence-corrected chi connectivity index (χ3v) is 3.02. The van der Waals surface area contributed by atoms with Crippen LogP contribution in [0.15, 0.2) is 16.7 Å². The lowest BCUT2D eigenvalue weighted by molar-refractivity contribution is -0.128. The number of hydrogen-bond donors (Lipinski definition) is 1. The first-order chi connectivity index (χ1) is 7.50. The summed E-state index contributed by atoms with van der Waals surface area (Å²) < 4.78 is 0.988. The van der Waals surface area contributed by atoms with E-state index in [2.05, 4.69) is 26.2 Å². The second-order valence-electron chi connectivity index (χ2n) is 3.78. The quantitative estimate of drug-likeness (QED) is 0.921. The average molecular weight is 286 g/mol. The van der Waals surface area contributed by atoms with E-state index in [1.165, 1.54) is 0 Å². The molecule has 1 aromatic heterocycles. The van der Waals surface area contributed by atoms with Crippen molar-refractivity contribution in [1.29, 1.82) is 0 Å². The van der Waals surface area contributed by atoms with Crippen LogP contribution >= 0.6 is 15.9 Å². The van der Waals surface area contributed by atoms with Gasteiger partial charge < -0.3 is 10.2 Å². The number of nitrogens with one attached hydrogen (secondary N) is 1. The summed E-state index contributed by atoms with van der Waals surface area (Å²) in [4.78, 5) is 17.1. The Labute approximate surface area is 104 Å². The largest absolute Gasteiger partial charge is 0.370 e. The predicted molar refractivity (Wildman–Crippen MR) is 68.5 cm³/mol. The standard InChI is InChI=1S/C11H16BrN3O/c1-8-6-10(14-7-9(8)12)13-5-4-11(16)15(2)3/h6-7H,4-5H2,1-3H3,(H,13,14). The highest BCUT2D eigenvalue weighted by atomic mass is 79.9. The van der Waals surface area contributed by atoms with Gasteiger partial charge in [0, 0.05) is 37.7 Å². The molecular formula is C11H16BrN3O. The number of carbonyl (C=O) groups excluding carboxylic acids is 1. The van der Waals surface area contributed by atoms with Gasteiger partial charge in [0.05, 0.1) is 0 Å². The van der Waals surface area contributed by atoms with E-state index in [-0.39, 0.29) is 5.91 Å². The van der Waals surface area contributed by atoms with Crippen molar-refractivity contribution >= 4 is 27.7 Å². The molecular weight excluding hydrogens is 270 g/mol. The first-order valence-corrected chi connectivity index (χ1v) is 5.86. The lowest BCUT2D eigenvalue weighted by Crippen LogP contribution is -2.24. The van der Waals surface area contributed by atoms with Crippen LogP contribution in [0.1, 0.15) is 12.0 Å². The van der Waals surface area contributed by atoms with Crippen LogP contribution in [0.4, 0.5) is 5.82 Å². The van der Waals surface area contributed by atoms with Crippen molar-refractivity contribution in [3.63, 3.8) is 0 Å². The van der Waals surface area contributed by atoms with Crippen LogP contribution in [0.2, 0.25) is 0 Å². The van der Waals surface area contributed by atoms with Crippen molar-refractivity contribution in [2.24, 2.45) is 0 Å². The Balaban J connectivity index is 2.43. The van der Waals surface area contributed by atoms with Crippen molar-refractivity contribution in [2.75, 3.05) is 26.0 Å². The van der Waals surface area contributed by atoms with E-state index in [4.69, 9.17) is 0 Å². The molecule has 0 spiro atoms. The summed E-state index contributed by atoms with van der Waals surface area (Å²) in [5.41, 5.74) is 1.12. The number of hydrogen-bond acceptors (Lipinski definition) is 3. The molecule has 0 aliphatic heterocycles. The molecule has 0 radical (unpaired) electrons. The normalized spacial score (nSPS) is 10.0. The highest BCUT2D eigenvalue weighted by Gasteiger charge is 2.03. The van der Waals surface area contributed by atoms with Gasteiger partial charge in [-0.3, -0.25) is 4.79 Å². The van der Waals surface area contributed by atoms with Gasteiger partial charge >= 0.3 is 0 Å². The number of rotatable bonds is 4. The van der Waals surface area contributed by atoms with E-state index >= 15 is 0 Å². The maximum atomic E-state index is 11.3. The second-order valence-corrected chi connectivity index (χ2v) is 4.64. The van der Waals surface area contributed by atoms with E-state index in [1.807, 2.05) is 13.0 Å². The summed E-state index contributed by atoms with van der Waals surface area (Å²) in [7, 11) is 3.51. The molecule has 1 N–H and O–H groups in total. The molecule has 0 aliphatic carbocycles.